The van der Waals surface area contributed by atoms with Gasteiger partial charge in [-0.3, -0.25) is 9.69 Å². The molecule has 31 heavy (non-hydrogen) atoms. The van der Waals surface area contributed by atoms with Crippen molar-refractivity contribution in [3.05, 3.63) is 64.2 Å². The van der Waals surface area contributed by atoms with E-state index >= 15 is 0 Å². The summed E-state index contributed by atoms with van der Waals surface area (Å²) in [5.74, 6) is 0.461. The zero-order valence-electron chi connectivity index (χ0n) is 18.3. The molecule has 2 aromatic carbocycles. The van der Waals surface area contributed by atoms with Crippen molar-refractivity contribution in [2.24, 2.45) is 0 Å². The predicted molar refractivity (Wildman–Crippen MR) is 120 cm³/mol. The van der Waals surface area contributed by atoms with Gasteiger partial charge < -0.3 is 15.2 Å². The molecular weight excluding hydrogens is 416 g/mol. The minimum Gasteiger partial charge on any atom is -0.491 e. The third-order valence-corrected chi connectivity index (χ3v) is 6.12. The van der Waals surface area contributed by atoms with Crippen molar-refractivity contribution in [2.45, 2.75) is 51.7 Å². The number of hydrogen-bond donors (Lipinski definition) is 2. The van der Waals surface area contributed by atoms with E-state index in [2.05, 4.69) is 5.32 Å². The molecule has 1 fully saturated rings. The monoisotopic (exact) mass is 444 g/mol. The quantitative estimate of drug-likeness (QED) is 0.592. The number of hydrogen-bond acceptors (Lipinski definition) is 4. The van der Waals surface area contributed by atoms with Crippen LogP contribution in [0.5, 0.6) is 5.75 Å². The van der Waals surface area contributed by atoms with Crippen molar-refractivity contribution in [3.8, 4) is 5.75 Å². The number of rotatable bonds is 8. The topological polar surface area (TPSA) is 78.9 Å². The molecule has 0 bridgehead atoms. The van der Waals surface area contributed by atoms with Crippen molar-refractivity contribution >= 4 is 23.5 Å². The number of aryl methyl sites for hydroxylation is 1. The van der Waals surface area contributed by atoms with Crippen LogP contribution in [-0.2, 0) is 10.3 Å². The van der Waals surface area contributed by atoms with E-state index in [1.165, 1.54) is 0 Å². The number of amides is 3. The zero-order chi connectivity index (χ0) is 22.8. The van der Waals surface area contributed by atoms with Crippen LogP contribution in [0.3, 0.4) is 0 Å². The third kappa shape index (κ3) is 4.55. The normalized spacial score (nSPS) is 19.6. The third-order valence-electron chi connectivity index (χ3n) is 5.71. The molecule has 1 aliphatic rings. The van der Waals surface area contributed by atoms with E-state index in [0.717, 1.165) is 21.6 Å². The van der Waals surface area contributed by atoms with Gasteiger partial charge >= 0.3 is 6.03 Å². The number of aliphatic hydroxyl groups excluding tert-OH is 1. The van der Waals surface area contributed by atoms with E-state index in [4.69, 9.17) is 16.3 Å². The van der Waals surface area contributed by atoms with Gasteiger partial charge in [-0.15, -0.1) is 0 Å². The molecule has 3 amide bonds. The summed E-state index contributed by atoms with van der Waals surface area (Å²) in [6.45, 7) is 7.60. The van der Waals surface area contributed by atoms with Crippen molar-refractivity contribution < 1.29 is 19.4 Å². The summed E-state index contributed by atoms with van der Waals surface area (Å²) in [5, 5.41) is 14.0. The minimum atomic E-state index is -1.11. The number of carbonyl (C=O) groups is 2. The second kappa shape index (κ2) is 9.28. The van der Waals surface area contributed by atoms with Crippen molar-refractivity contribution in [3.63, 3.8) is 0 Å². The largest absolute Gasteiger partial charge is 0.491 e. The zero-order valence-corrected chi connectivity index (χ0v) is 19.1. The molecule has 7 heteroatoms. The lowest BCUT2D eigenvalue weighted by Crippen LogP contribution is -2.44. The predicted octanol–water partition coefficient (Wildman–Crippen LogP) is 4.37. The Morgan fingerprint density at radius 2 is 1.87 bits per heavy atom. The van der Waals surface area contributed by atoms with Crippen LogP contribution in [0, 0.1) is 6.92 Å². The first-order valence-electron chi connectivity index (χ1n) is 10.5. The number of aliphatic hydroxyl groups is 1. The molecule has 2 unspecified atom stereocenters. The highest BCUT2D eigenvalue weighted by Crippen LogP contribution is 2.33. The molecule has 0 saturated carbocycles. The maximum absolute atomic E-state index is 13.2. The van der Waals surface area contributed by atoms with Crippen LogP contribution < -0.4 is 10.1 Å². The first-order valence-corrected chi connectivity index (χ1v) is 10.9. The lowest BCUT2D eigenvalue weighted by Gasteiger charge is -2.26. The second-order valence-electron chi connectivity index (χ2n) is 8.23. The Morgan fingerprint density at radius 3 is 2.48 bits per heavy atom. The Labute approximate surface area is 188 Å². The molecule has 2 atom stereocenters. The first kappa shape index (κ1) is 23.1. The minimum absolute atomic E-state index is 0.0533. The lowest BCUT2D eigenvalue weighted by molar-refractivity contribution is -0.132. The molecule has 3 rings (SSSR count). The molecule has 6 nitrogen and oxygen atoms in total. The maximum atomic E-state index is 13.2. The van der Waals surface area contributed by atoms with Gasteiger partial charge in [-0.25, -0.2) is 4.79 Å². The summed E-state index contributed by atoms with van der Waals surface area (Å²) in [6.07, 6.45) is -0.624. The van der Waals surface area contributed by atoms with Crippen LogP contribution in [0.2, 0.25) is 5.02 Å². The number of halogens is 1. The molecule has 1 saturated heterocycles. The van der Waals surface area contributed by atoms with Crippen LogP contribution >= 0.6 is 11.6 Å². The molecular formula is C24H29ClN2O4. The molecule has 2 aromatic rings. The Balaban J connectivity index is 1.72. The standard InChI is InChI=1S/C24H29ClN2O4/c1-5-24(17-9-7-6-8-10-17)22(29)27(23(30)26-24)13-18(28)14-31-21-11-16(4)20(25)12-19(21)15(2)3/h6-12,15,18,28H,5,13-14H2,1-4H3,(H,26,30). The lowest BCUT2D eigenvalue weighted by atomic mass is 9.87. The number of imide groups is 1. The van der Waals surface area contributed by atoms with Gasteiger partial charge in [0, 0.05) is 5.02 Å². The molecule has 0 spiro atoms. The van der Waals surface area contributed by atoms with Crippen molar-refractivity contribution in [1.82, 2.24) is 10.2 Å². The van der Waals surface area contributed by atoms with Gasteiger partial charge in [-0.05, 0) is 48.1 Å². The highest BCUT2D eigenvalue weighted by Gasteiger charge is 2.51. The van der Waals surface area contributed by atoms with Gasteiger partial charge in [0.25, 0.3) is 5.91 Å². The molecule has 1 heterocycles. The summed E-state index contributed by atoms with van der Waals surface area (Å²) in [5.41, 5.74) is 1.42. The number of urea groups is 1. The van der Waals surface area contributed by atoms with Crippen LogP contribution in [0.1, 0.15) is 49.8 Å². The van der Waals surface area contributed by atoms with Gasteiger partial charge in [0.15, 0.2) is 0 Å². The van der Waals surface area contributed by atoms with E-state index < -0.39 is 17.7 Å². The summed E-state index contributed by atoms with van der Waals surface area (Å²) >= 11 is 6.24. The Morgan fingerprint density at radius 1 is 1.19 bits per heavy atom. The molecule has 1 aliphatic heterocycles. The van der Waals surface area contributed by atoms with Crippen LogP contribution in [0.25, 0.3) is 0 Å². The van der Waals surface area contributed by atoms with Gasteiger partial charge in [0.2, 0.25) is 0 Å². The number of β-amino-alcohol motifs (C(OH)–C–C–N with tert-alkyl or cyclic N) is 1. The number of nitrogens with zero attached hydrogens (tertiary/aromatic N) is 1. The van der Waals surface area contributed by atoms with Crippen LogP contribution in [0.15, 0.2) is 42.5 Å². The van der Waals surface area contributed by atoms with E-state index in [0.29, 0.717) is 17.2 Å². The fraction of sp³-hybridized carbons (Fsp3) is 0.417. The number of carbonyl (C=O) groups excluding carboxylic acids is 2. The number of nitrogens with one attached hydrogen (secondary N) is 1. The molecule has 166 valence electrons. The van der Waals surface area contributed by atoms with Gasteiger partial charge in [0.05, 0.1) is 6.54 Å². The Hall–Kier alpha value is -2.57. The number of ether oxygens (including phenoxy) is 1. The van der Waals surface area contributed by atoms with E-state index in [9.17, 15) is 14.7 Å². The molecule has 0 radical (unpaired) electrons. The van der Waals surface area contributed by atoms with E-state index in [1.807, 2.05) is 70.2 Å². The first-order chi connectivity index (χ1) is 14.7. The molecule has 0 aromatic heterocycles. The fourth-order valence-corrected chi connectivity index (χ4v) is 4.02. The average molecular weight is 445 g/mol. The van der Waals surface area contributed by atoms with Crippen LogP contribution in [-0.4, -0.2) is 41.2 Å². The van der Waals surface area contributed by atoms with E-state index in [1.54, 1.807) is 0 Å². The SMILES string of the molecule is CCC1(c2ccccc2)NC(=O)N(CC(O)COc2cc(C)c(Cl)cc2C(C)C)C1=O. The summed E-state index contributed by atoms with van der Waals surface area (Å²) in [4.78, 5) is 26.8. The summed E-state index contributed by atoms with van der Waals surface area (Å²) in [6, 6.07) is 12.4. The van der Waals surface area contributed by atoms with Gasteiger partial charge in [-0.2, -0.15) is 0 Å². The average Bonchev–Trinajstić information content (AvgIpc) is 2.99. The van der Waals surface area contributed by atoms with Crippen molar-refractivity contribution in [1.29, 1.82) is 0 Å². The highest BCUT2D eigenvalue weighted by molar-refractivity contribution is 6.31. The summed E-state index contributed by atoms with van der Waals surface area (Å²) < 4.78 is 5.86. The van der Waals surface area contributed by atoms with E-state index in [-0.39, 0.29) is 25.0 Å². The fourth-order valence-electron chi connectivity index (χ4n) is 3.85. The maximum Gasteiger partial charge on any atom is 0.325 e. The van der Waals surface area contributed by atoms with Crippen LogP contribution in [0.4, 0.5) is 4.79 Å². The Kier molecular flexibility index (Phi) is 6.92. The smallest absolute Gasteiger partial charge is 0.325 e. The Bertz CT molecular complexity index is 964. The van der Waals surface area contributed by atoms with Gasteiger partial charge in [-0.1, -0.05) is 62.7 Å². The van der Waals surface area contributed by atoms with Crippen molar-refractivity contribution in [2.75, 3.05) is 13.2 Å². The highest BCUT2D eigenvalue weighted by atomic mass is 35.5. The molecule has 0 aliphatic carbocycles. The summed E-state index contributed by atoms with van der Waals surface area (Å²) in [7, 11) is 0. The number of benzene rings is 2. The second-order valence-corrected chi connectivity index (χ2v) is 8.64. The van der Waals surface area contributed by atoms with Gasteiger partial charge in [0.1, 0.15) is 24.0 Å². The molecule has 2 N–H and O–H groups in total.